The summed E-state index contributed by atoms with van der Waals surface area (Å²) in [6.45, 7) is 1.42. The van der Waals surface area contributed by atoms with Crippen LogP contribution < -0.4 is 10.6 Å². The Bertz CT molecular complexity index is 268. The van der Waals surface area contributed by atoms with Crippen molar-refractivity contribution in [3.63, 3.8) is 0 Å². The van der Waals surface area contributed by atoms with Crippen LogP contribution in [0.2, 0.25) is 0 Å². The lowest BCUT2D eigenvalue weighted by molar-refractivity contribution is -0.148. The molecule has 0 aromatic carbocycles. The van der Waals surface area contributed by atoms with Crippen LogP contribution in [-0.4, -0.2) is 46.8 Å². The maximum absolute atomic E-state index is 11.6. The third-order valence-corrected chi connectivity index (χ3v) is 2.56. The number of aliphatic carboxylic acids is 1. The molecule has 0 aromatic rings. The third kappa shape index (κ3) is 3.33. The van der Waals surface area contributed by atoms with Gasteiger partial charge in [0.2, 0.25) is 5.91 Å². The van der Waals surface area contributed by atoms with E-state index in [1.54, 1.807) is 0 Å². The molecule has 1 heterocycles. The Kier molecular flexibility index (Phi) is 5.71. The van der Waals surface area contributed by atoms with Crippen LogP contribution in [0.3, 0.4) is 0 Å². The van der Waals surface area contributed by atoms with E-state index in [4.69, 9.17) is 10.2 Å². The highest BCUT2D eigenvalue weighted by Crippen LogP contribution is 2.08. The van der Waals surface area contributed by atoms with Crippen molar-refractivity contribution in [1.29, 1.82) is 0 Å². The molecule has 0 aliphatic carbocycles. The SMILES string of the molecule is C[C@@](CO)(NC(=O)[C@@H]1CCCN1)C(=O)O.Cl. The van der Waals surface area contributed by atoms with Gasteiger partial charge in [0, 0.05) is 0 Å². The molecule has 2 atom stereocenters. The van der Waals surface area contributed by atoms with Crippen LogP contribution in [0.4, 0.5) is 0 Å². The van der Waals surface area contributed by atoms with E-state index in [1.165, 1.54) is 6.92 Å². The molecule has 7 heteroatoms. The van der Waals surface area contributed by atoms with E-state index in [2.05, 4.69) is 10.6 Å². The Morgan fingerprint density at radius 2 is 2.19 bits per heavy atom. The Balaban J connectivity index is 0.00000225. The van der Waals surface area contributed by atoms with Gasteiger partial charge in [-0.2, -0.15) is 0 Å². The summed E-state index contributed by atoms with van der Waals surface area (Å²) in [4.78, 5) is 22.4. The number of carboxylic acid groups (broad SMARTS) is 1. The zero-order valence-corrected chi connectivity index (χ0v) is 9.84. The average molecular weight is 253 g/mol. The summed E-state index contributed by atoms with van der Waals surface area (Å²) in [6.07, 6.45) is 1.61. The minimum atomic E-state index is -1.60. The molecule has 1 aliphatic heterocycles. The third-order valence-electron chi connectivity index (χ3n) is 2.56. The van der Waals surface area contributed by atoms with Crippen LogP contribution in [0.1, 0.15) is 19.8 Å². The van der Waals surface area contributed by atoms with Gasteiger partial charge in [-0.25, -0.2) is 4.79 Å². The number of halogens is 1. The lowest BCUT2D eigenvalue weighted by atomic mass is 10.0. The standard InChI is InChI=1S/C9H16N2O4.ClH/c1-9(5-12,8(14)15)11-7(13)6-3-2-4-10-6;/h6,10,12H,2-5H2,1H3,(H,11,13)(H,14,15);1H/t6-,9-;/m0./s1. The average Bonchev–Trinajstić information content (AvgIpc) is 2.70. The Morgan fingerprint density at radius 1 is 1.56 bits per heavy atom. The fraction of sp³-hybridized carbons (Fsp3) is 0.778. The van der Waals surface area contributed by atoms with Crippen molar-refractivity contribution in [3.8, 4) is 0 Å². The maximum Gasteiger partial charge on any atom is 0.331 e. The van der Waals surface area contributed by atoms with Gasteiger partial charge >= 0.3 is 5.97 Å². The van der Waals surface area contributed by atoms with Crippen LogP contribution >= 0.6 is 12.4 Å². The molecule has 1 aliphatic rings. The highest BCUT2D eigenvalue weighted by atomic mass is 35.5. The lowest BCUT2D eigenvalue weighted by Gasteiger charge is -2.25. The fourth-order valence-corrected chi connectivity index (χ4v) is 1.43. The smallest absolute Gasteiger partial charge is 0.331 e. The molecule has 16 heavy (non-hydrogen) atoms. The van der Waals surface area contributed by atoms with E-state index < -0.39 is 18.1 Å². The second-order valence-corrected chi connectivity index (χ2v) is 3.93. The summed E-state index contributed by atoms with van der Waals surface area (Å²) in [5.74, 6) is -1.61. The largest absolute Gasteiger partial charge is 0.479 e. The zero-order valence-electron chi connectivity index (χ0n) is 9.02. The quantitative estimate of drug-likeness (QED) is 0.520. The number of aliphatic hydroxyl groups is 1. The van der Waals surface area contributed by atoms with Crippen molar-refractivity contribution in [1.82, 2.24) is 10.6 Å². The van der Waals surface area contributed by atoms with Crippen LogP contribution in [0.5, 0.6) is 0 Å². The van der Waals surface area contributed by atoms with E-state index in [9.17, 15) is 9.59 Å². The number of carbonyl (C=O) groups is 2. The van der Waals surface area contributed by atoms with Crippen molar-refractivity contribution in [2.24, 2.45) is 0 Å². The van der Waals surface area contributed by atoms with Gasteiger partial charge in [-0.15, -0.1) is 12.4 Å². The summed E-state index contributed by atoms with van der Waals surface area (Å²) >= 11 is 0. The maximum atomic E-state index is 11.6. The lowest BCUT2D eigenvalue weighted by Crippen LogP contribution is -2.58. The molecule has 4 N–H and O–H groups in total. The summed E-state index contributed by atoms with van der Waals surface area (Å²) < 4.78 is 0. The normalized spacial score (nSPS) is 23.0. The molecule has 1 amide bonds. The second kappa shape index (κ2) is 6.03. The van der Waals surface area contributed by atoms with E-state index in [1.807, 2.05) is 0 Å². The Morgan fingerprint density at radius 3 is 2.56 bits per heavy atom. The first-order valence-corrected chi connectivity index (χ1v) is 4.89. The minimum Gasteiger partial charge on any atom is -0.479 e. The van der Waals surface area contributed by atoms with Gasteiger partial charge in [0.1, 0.15) is 0 Å². The van der Waals surface area contributed by atoms with Gasteiger partial charge in [-0.1, -0.05) is 0 Å². The molecule has 1 rings (SSSR count). The van der Waals surface area contributed by atoms with Crippen LogP contribution in [0, 0.1) is 0 Å². The monoisotopic (exact) mass is 252 g/mol. The summed E-state index contributed by atoms with van der Waals surface area (Å²) in [6, 6.07) is -0.338. The number of amides is 1. The molecule has 0 radical (unpaired) electrons. The van der Waals surface area contributed by atoms with Crippen LogP contribution in [0.25, 0.3) is 0 Å². The van der Waals surface area contributed by atoms with Gasteiger partial charge in [-0.05, 0) is 26.3 Å². The first-order chi connectivity index (χ1) is 6.99. The molecule has 94 valence electrons. The molecule has 0 saturated carbocycles. The van der Waals surface area contributed by atoms with Crippen molar-refractivity contribution >= 4 is 24.3 Å². The number of nitrogens with one attached hydrogen (secondary N) is 2. The van der Waals surface area contributed by atoms with Crippen molar-refractivity contribution in [3.05, 3.63) is 0 Å². The van der Waals surface area contributed by atoms with Crippen molar-refractivity contribution in [2.45, 2.75) is 31.3 Å². The summed E-state index contributed by atoms with van der Waals surface area (Å²) in [5.41, 5.74) is -1.60. The number of hydrogen-bond donors (Lipinski definition) is 4. The van der Waals surface area contributed by atoms with Crippen molar-refractivity contribution in [2.75, 3.05) is 13.2 Å². The van der Waals surface area contributed by atoms with E-state index >= 15 is 0 Å². The van der Waals surface area contributed by atoms with Crippen LogP contribution in [-0.2, 0) is 9.59 Å². The first kappa shape index (κ1) is 15.2. The molecular formula is C9H17ClN2O4. The molecule has 0 spiro atoms. The molecular weight excluding hydrogens is 236 g/mol. The summed E-state index contributed by atoms with van der Waals surface area (Å²) in [7, 11) is 0. The second-order valence-electron chi connectivity index (χ2n) is 3.93. The van der Waals surface area contributed by atoms with Crippen molar-refractivity contribution < 1.29 is 19.8 Å². The first-order valence-electron chi connectivity index (χ1n) is 4.89. The molecule has 0 unspecified atom stereocenters. The van der Waals surface area contributed by atoms with E-state index in [0.29, 0.717) is 6.42 Å². The topological polar surface area (TPSA) is 98.7 Å². The van der Waals surface area contributed by atoms with Gasteiger partial charge < -0.3 is 20.8 Å². The van der Waals surface area contributed by atoms with Gasteiger partial charge in [0.05, 0.1) is 12.6 Å². The zero-order chi connectivity index (χ0) is 11.5. The predicted molar refractivity (Wildman–Crippen MR) is 59.5 cm³/mol. The highest BCUT2D eigenvalue weighted by Gasteiger charge is 2.36. The van der Waals surface area contributed by atoms with Crippen LogP contribution in [0.15, 0.2) is 0 Å². The molecule has 1 fully saturated rings. The van der Waals surface area contributed by atoms with Gasteiger partial charge in [0.15, 0.2) is 5.54 Å². The van der Waals surface area contributed by atoms with E-state index in [-0.39, 0.29) is 24.4 Å². The number of carboxylic acids is 1. The predicted octanol–water partition coefficient (Wildman–Crippen LogP) is -0.888. The number of aliphatic hydroxyl groups excluding tert-OH is 1. The number of hydrogen-bond acceptors (Lipinski definition) is 4. The molecule has 0 aromatic heterocycles. The molecule has 0 bridgehead atoms. The van der Waals surface area contributed by atoms with Gasteiger partial charge in [0.25, 0.3) is 0 Å². The number of rotatable bonds is 4. The number of carbonyl (C=O) groups excluding carboxylic acids is 1. The summed E-state index contributed by atoms with van der Waals surface area (Å²) in [5, 5.41) is 23.0. The highest BCUT2D eigenvalue weighted by molar-refractivity contribution is 5.89. The van der Waals surface area contributed by atoms with Gasteiger partial charge in [-0.3, -0.25) is 4.79 Å². The fourth-order valence-electron chi connectivity index (χ4n) is 1.43. The molecule has 6 nitrogen and oxygen atoms in total. The minimum absolute atomic E-state index is 0. The Hall–Kier alpha value is -0.850. The Labute approximate surface area is 99.8 Å². The molecule has 1 saturated heterocycles. The van der Waals surface area contributed by atoms with E-state index in [0.717, 1.165) is 13.0 Å².